The summed E-state index contributed by atoms with van der Waals surface area (Å²) in [6.45, 7) is 3.12. The van der Waals surface area contributed by atoms with Gasteiger partial charge in [-0.1, -0.05) is 0 Å². The lowest BCUT2D eigenvalue weighted by atomic mass is 9.90. The van der Waals surface area contributed by atoms with Crippen molar-refractivity contribution in [2.75, 3.05) is 11.9 Å². The zero-order valence-corrected chi connectivity index (χ0v) is 17.1. The van der Waals surface area contributed by atoms with Crippen molar-refractivity contribution >= 4 is 54.5 Å². The molecule has 0 bridgehead atoms. The molecule has 1 aliphatic heterocycles. The Balaban J connectivity index is 1.61. The monoisotopic (exact) mass is 434 g/mol. The van der Waals surface area contributed by atoms with Crippen molar-refractivity contribution in [3.05, 3.63) is 46.2 Å². The standard InChI is InChI=1S/C20H17F3N4S2/c1-9-10(3-2-4-24-9)14-5-11-17(13(22)7-25-20(11)29-14)27-18-12(21)6-15-19(16(18)23)26-8-28-15/h5-10,24H,2-4H2,1H3,(H,25,27)/t9-,10-/m1/s1. The molecular weight excluding hydrogens is 417 g/mol. The maximum absolute atomic E-state index is 14.8. The zero-order chi connectivity index (χ0) is 20.1. The summed E-state index contributed by atoms with van der Waals surface area (Å²) in [5, 5.41) is 6.64. The first-order valence-corrected chi connectivity index (χ1v) is 11.0. The number of thiophene rings is 1. The number of halogens is 3. The summed E-state index contributed by atoms with van der Waals surface area (Å²) in [6, 6.07) is 3.41. The first-order chi connectivity index (χ1) is 14.0. The van der Waals surface area contributed by atoms with E-state index in [1.807, 2.05) is 6.07 Å². The van der Waals surface area contributed by atoms with Crippen LogP contribution < -0.4 is 10.6 Å². The average molecular weight is 435 g/mol. The fourth-order valence-electron chi connectivity index (χ4n) is 3.90. The van der Waals surface area contributed by atoms with E-state index in [1.165, 1.54) is 22.9 Å². The second-order valence-corrected chi connectivity index (χ2v) is 9.16. The van der Waals surface area contributed by atoms with E-state index >= 15 is 0 Å². The van der Waals surface area contributed by atoms with E-state index in [2.05, 4.69) is 27.5 Å². The SMILES string of the molecule is C[C@H]1NCCC[C@H]1c1cc2c(Nc3c(F)cc4scnc4c3F)c(F)cnc2s1. The van der Waals surface area contributed by atoms with Crippen molar-refractivity contribution in [2.45, 2.75) is 31.7 Å². The fraction of sp³-hybridized carbons (Fsp3) is 0.300. The van der Waals surface area contributed by atoms with Gasteiger partial charge in [-0.15, -0.1) is 22.7 Å². The van der Waals surface area contributed by atoms with Crippen LogP contribution in [0.4, 0.5) is 24.5 Å². The summed E-state index contributed by atoms with van der Waals surface area (Å²) in [5.74, 6) is -1.97. The van der Waals surface area contributed by atoms with Crippen molar-refractivity contribution < 1.29 is 13.2 Å². The van der Waals surface area contributed by atoms with Crippen molar-refractivity contribution in [2.24, 2.45) is 0 Å². The minimum absolute atomic E-state index is 0.0290. The molecule has 1 saturated heterocycles. The number of nitrogens with zero attached hydrogens (tertiary/aromatic N) is 2. The number of rotatable bonds is 3. The third-order valence-electron chi connectivity index (χ3n) is 5.43. The number of benzene rings is 1. The number of anilines is 2. The predicted octanol–water partition coefficient (Wildman–Crippen LogP) is 5.92. The maximum Gasteiger partial charge on any atom is 0.176 e. The van der Waals surface area contributed by atoms with Gasteiger partial charge in [-0.3, -0.25) is 0 Å². The summed E-state index contributed by atoms with van der Waals surface area (Å²) in [6.07, 6.45) is 3.20. The van der Waals surface area contributed by atoms with Crippen LogP contribution in [-0.4, -0.2) is 22.6 Å². The molecule has 1 fully saturated rings. The molecule has 0 spiro atoms. The van der Waals surface area contributed by atoms with Crippen LogP contribution in [0.3, 0.4) is 0 Å². The number of thiazole rings is 1. The predicted molar refractivity (Wildman–Crippen MR) is 112 cm³/mol. The molecule has 5 rings (SSSR count). The lowest BCUT2D eigenvalue weighted by Gasteiger charge is -2.29. The second kappa shape index (κ2) is 7.23. The van der Waals surface area contributed by atoms with Gasteiger partial charge < -0.3 is 10.6 Å². The highest BCUT2D eigenvalue weighted by molar-refractivity contribution is 7.18. The summed E-state index contributed by atoms with van der Waals surface area (Å²) in [4.78, 5) is 9.87. The molecule has 0 saturated carbocycles. The van der Waals surface area contributed by atoms with E-state index in [0.717, 1.165) is 41.8 Å². The van der Waals surface area contributed by atoms with Crippen molar-refractivity contribution in [1.29, 1.82) is 0 Å². The molecule has 0 unspecified atom stereocenters. The number of nitrogens with one attached hydrogen (secondary N) is 2. The van der Waals surface area contributed by atoms with E-state index in [4.69, 9.17) is 0 Å². The zero-order valence-electron chi connectivity index (χ0n) is 15.4. The summed E-state index contributed by atoms with van der Waals surface area (Å²) < 4.78 is 44.4. The molecule has 0 radical (unpaired) electrons. The lowest BCUT2D eigenvalue weighted by molar-refractivity contribution is 0.375. The van der Waals surface area contributed by atoms with E-state index < -0.39 is 23.1 Å². The Hall–Kier alpha value is -2.23. The first-order valence-electron chi connectivity index (χ1n) is 9.32. The Labute approximate surface area is 172 Å². The van der Waals surface area contributed by atoms with Gasteiger partial charge in [0, 0.05) is 22.2 Å². The normalized spacial score (nSPS) is 19.9. The molecule has 2 atom stereocenters. The molecule has 3 aromatic heterocycles. The van der Waals surface area contributed by atoms with Gasteiger partial charge in [0.05, 0.1) is 22.1 Å². The van der Waals surface area contributed by atoms with Crippen LogP contribution in [0, 0.1) is 17.5 Å². The van der Waals surface area contributed by atoms with E-state index in [0.29, 0.717) is 26.9 Å². The molecule has 150 valence electrons. The number of pyridine rings is 1. The second-order valence-electron chi connectivity index (χ2n) is 7.21. The molecule has 4 nitrogen and oxygen atoms in total. The molecule has 0 amide bonds. The van der Waals surface area contributed by atoms with Crippen molar-refractivity contribution in [3.63, 3.8) is 0 Å². The Morgan fingerprint density at radius 2 is 2.00 bits per heavy atom. The number of aromatic nitrogens is 2. The van der Waals surface area contributed by atoms with Crippen LogP contribution in [0.1, 0.15) is 30.6 Å². The van der Waals surface area contributed by atoms with Gasteiger partial charge in [0.15, 0.2) is 17.5 Å². The largest absolute Gasteiger partial charge is 0.348 e. The summed E-state index contributed by atoms with van der Waals surface area (Å²) >= 11 is 2.65. The van der Waals surface area contributed by atoms with Crippen LogP contribution in [0.25, 0.3) is 20.4 Å². The van der Waals surface area contributed by atoms with Gasteiger partial charge >= 0.3 is 0 Å². The number of hydrogen-bond acceptors (Lipinski definition) is 6. The van der Waals surface area contributed by atoms with Crippen molar-refractivity contribution in [3.8, 4) is 0 Å². The highest BCUT2D eigenvalue weighted by Gasteiger charge is 2.26. The quantitative estimate of drug-likeness (QED) is 0.420. The van der Waals surface area contributed by atoms with Gasteiger partial charge in [0.2, 0.25) is 0 Å². The average Bonchev–Trinajstić information content (AvgIpc) is 3.34. The van der Waals surface area contributed by atoms with Gasteiger partial charge in [0.1, 0.15) is 16.0 Å². The Morgan fingerprint density at radius 3 is 2.83 bits per heavy atom. The molecular formula is C20H17F3N4S2. The number of hydrogen-bond donors (Lipinski definition) is 2. The van der Waals surface area contributed by atoms with E-state index in [1.54, 1.807) is 0 Å². The van der Waals surface area contributed by atoms with Gasteiger partial charge in [-0.2, -0.15) is 0 Å². The third kappa shape index (κ3) is 3.17. The number of fused-ring (bicyclic) bond motifs is 2. The van der Waals surface area contributed by atoms with E-state index in [-0.39, 0.29) is 11.2 Å². The Morgan fingerprint density at radius 1 is 1.14 bits per heavy atom. The van der Waals surface area contributed by atoms with E-state index in [9.17, 15) is 13.2 Å². The van der Waals surface area contributed by atoms with Gasteiger partial charge in [0.25, 0.3) is 0 Å². The van der Waals surface area contributed by atoms with Gasteiger partial charge in [-0.25, -0.2) is 23.1 Å². The highest BCUT2D eigenvalue weighted by Crippen LogP contribution is 2.40. The molecule has 29 heavy (non-hydrogen) atoms. The minimum atomic E-state index is -0.828. The summed E-state index contributed by atoms with van der Waals surface area (Å²) in [7, 11) is 0. The van der Waals surface area contributed by atoms with Crippen LogP contribution in [0.2, 0.25) is 0 Å². The van der Waals surface area contributed by atoms with Crippen LogP contribution >= 0.6 is 22.7 Å². The molecule has 9 heteroatoms. The van der Waals surface area contributed by atoms with Crippen LogP contribution in [0.15, 0.2) is 23.8 Å². The molecule has 1 aliphatic rings. The smallest absolute Gasteiger partial charge is 0.176 e. The molecule has 2 N–H and O–H groups in total. The van der Waals surface area contributed by atoms with Crippen LogP contribution in [0.5, 0.6) is 0 Å². The Bertz CT molecular complexity index is 1220. The third-order valence-corrected chi connectivity index (χ3v) is 7.38. The minimum Gasteiger partial charge on any atom is -0.348 e. The van der Waals surface area contributed by atoms with Crippen LogP contribution in [-0.2, 0) is 0 Å². The molecule has 0 aliphatic carbocycles. The number of piperidine rings is 1. The lowest BCUT2D eigenvalue weighted by Crippen LogP contribution is -2.37. The molecule has 4 aromatic rings. The first kappa shape index (κ1) is 18.8. The topological polar surface area (TPSA) is 49.8 Å². The molecule has 4 heterocycles. The fourth-order valence-corrected chi connectivity index (χ4v) is 5.85. The van der Waals surface area contributed by atoms with Gasteiger partial charge in [-0.05, 0) is 38.4 Å². The van der Waals surface area contributed by atoms with Crippen molar-refractivity contribution in [1.82, 2.24) is 15.3 Å². The summed E-state index contributed by atoms with van der Waals surface area (Å²) in [5.41, 5.74) is 1.14. The maximum atomic E-state index is 14.8. The molecule has 1 aromatic carbocycles. The Kier molecular flexibility index (Phi) is 4.68. The highest BCUT2D eigenvalue weighted by atomic mass is 32.1.